The topological polar surface area (TPSA) is 91.6 Å². The smallest absolute Gasteiger partial charge is 0.416 e. The minimum Gasteiger partial charge on any atom is -0.481 e. The number of hydrogen-bond donors (Lipinski definition) is 2. The summed E-state index contributed by atoms with van der Waals surface area (Å²) in [6.45, 7) is 8.74. The number of carboxylic acid groups (broad SMARTS) is 1. The van der Waals surface area contributed by atoms with E-state index in [2.05, 4.69) is 10.2 Å². The molecule has 3 aliphatic rings. The van der Waals surface area contributed by atoms with Crippen molar-refractivity contribution in [3.8, 4) is 11.1 Å². The monoisotopic (exact) mass is 709 g/mol. The first-order valence-electron chi connectivity index (χ1n) is 18.1. The van der Waals surface area contributed by atoms with Crippen LogP contribution in [0.3, 0.4) is 0 Å². The summed E-state index contributed by atoms with van der Waals surface area (Å²) >= 11 is 0. The number of carboxylic acids is 1. The Labute approximate surface area is 296 Å². The lowest BCUT2D eigenvalue weighted by atomic mass is 9.86. The zero-order valence-corrected chi connectivity index (χ0v) is 29.7. The van der Waals surface area contributed by atoms with Gasteiger partial charge in [-0.2, -0.15) is 13.2 Å². The molecule has 274 valence electrons. The fourth-order valence-electron chi connectivity index (χ4n) is 8.37. The number of hydrogen-bond acceptors (Lipinski definition) is 4. The highest BCUT2D eigenvalue weighted by Gasteiger charge is 2.40. The number of fused-ring (bicyclic) bond motifs is 1. The molecule has 0 bridgehead atoms. The molecular formula is C40H47F4N3O4. The zero-order chi connectivity index (χ0) is 36.8. The van der Waals surface area contributed by atoms with Gasteiger partial charge in [0, 0.05) is 18.3 Å². The Kier molecular flexibility index (Phi) is 10.5. The molecule has 7 nitrogen and oxygen atoms in total. The summed E-state index contributed by atoms with van der Waals surface area (Å²) in [5.74, 6) is -2.67. The van der Waals surface area contributed by atoms with Crippen molar-refractivity contribution < 1.29 is 32.3 Å². The molecule has 0 unspecified atom stereocenters. The second-order valence-corrected chi connectivity index (χ2v) is 15.2. The zero-order valence-electron chi connectivity index (χ0n) is 29.7. The lowest BCUT2D eigenvalue weighted by Gasteiger charge is -2.34. The molecule has 2 fully saturated rings. The molecule has 1 aliphatic heterocycles. The van der Waals surface area contributed by atoms with E-state index < -0.39 is 53.6 Å². The van der Waals surface area contributed by atoms with Gasteiger partial charge in [0.05, 0.1) is 18.0 Å². The van der Waals surface area contributed by atoms with Crippen LogP contribution in [0, 0.1) is 25.6 Å². The van der Waals surface area contributed by atoms with Crippen molar-refractivity contribution in [3.05, 3.63) is 91.6 Å². The molecule has 1 aromatic heterocycles. The van der Waals surface area contributed by atoms with Crippen molar-refractivity contribution >= 4 is 11.9 Å². The number of carbonyl (C=O) groups is 2. The van der Waals surface area contributed by atoms with Crippen molar-refractivity contribution in [3.63, 3.8) is 0 Å². The molecule has 1 saturated heterocycles. The van der Waals surface area contributed by atoms with E-state index >= 15 is 0 Å². The number of halogens is 4. The maximum absolute atomic E-state index is 14.4. The van der Waals surface area contributed by atoms with Gasteiger partial charge in [0.15, 0.2) is 0 Å². The third kappa shape index (κ3) is 8.08. The first kappa shape index (κ1) is 36.8. The van der Waals surface area contributed by atoms with Crippen molar-refractivity contribution in [2.24, 2.45) is 5.92 Å². The fraction of sp³-hybridized carbons (Fsp3) is 0.525. The number of aromatic nitrogens is 1. The number of piperidine rings is 1. The van der Waals surface area contributed by atoms with E-state index in [-0.39, 0.29) is 23.7 Å². The molecule has 6 rings (SSSR count). The number of pyridine rings is 1. The van der Waals surface area contributed by atoms with Gasteiger partial charge in [-0.25, -0.2) is 4.39 Å². The Morgan fingerprint density at radius 1 is 0.980 bits per heavy atom. The quantitative estimate of drug-likeness (QED) is 0.197. The summed E-state index contributed by atoms with van der Waals surface area (Å²) in [7, 11) is 0. The summed E-state index contributed by atoms with van der Waals surface area (Å²) in [4.78, 5) is 42.3. The number of nitrogens with zero attached hydrogens (tertiary/aromatic N) is 2. The molecule has 2 aliphatic carbocycles. The van der Waals surface area contributed by atoms with Gasteiger partial charge in [-0.05, 0) is 153 Å². The molecule has 2 aromatic carbocycles. The van der Waals surface area contributed by atoms with E-state index in [0.29, 0.717) is 43.6 Å². The van der Waals surface area contributed by atoms with E-state index in [1.807, 2.05) is 39.8 Å². The van der Waals surface area contributed by atoms with Crippen LogP contribution < -0.4 is 10.9 Å². The second-order valence-electron chi connectivity index (χ2n) is 15.2. The van der Waals surface area contributed by atoms with E-state index in [1.54, 1.807) is 0 Å². The molecule has 3 aromatic rings. The van der Waals surface area contributed by atoms with Gasteiger partial charge in [0.25, 0.3) is 5.56 Å². The van der Waals surface area contributed by atoms with Crippen LogP contribution in [0.5, 0.6) is 0 Å². The first-order chi connectivity index (χ1) is 24.1. The van der Waals surface area contributed by atoms with Gasteiger partial charge >= 0.3 is 12.1 Å². The molecule has 2 N–H and O–H groups in total. The predicted molar refractivity (Wildman–Crippen MR) is 187 cm³/mol. The number of carbonyl (C=O) groups excluding carboxylic acids is 1. The Bertz CT molecular complexity index is 1850. The summed E-state index contributed by atoms with van der Waals surface area (Å²) in [6, 6.07) is 5.69. The first-order valence-corrected chi connectivity index (χ1v) is 18.1. The average Bonchev–Trinajstić information content (AvgIpc) is 3.78. The van der Waals surface area contributed by atoms with Gasteiger partial charge in [-0.3, -0.25) is 14.4 Å². The van der Waals surface area contributed by atoms with Crippen LogP contribution in [0.15, 0.2) is 41.3 Å². The van der Waals surface area contributed by atoms with Gasteiger partial charge in [-0.15, -0.1) is 0 Å². The molecule has 1 amide bonds. The van der Waals surface area contributed by atoms with E-state index in [1.165, 1.54) is 18.3 Å². The van der Waals surface area contributed by atoms with Crippen molar-refractivity contribution in [1.29, 1.82) is 0 Å². The Morgan fingerprint density at radius 2 is 1.65 bits per heavy atom. The van der Waals surface area contributed by atoms with Gasteiger partial charge in [-0.1, -0.05) is 19.9 Å². The van der Waals surface area contributed by atoms with E-state index in [9.17, 15) is 37.1 Å². The van der Waals surface area contributed by atoms with Crippen LogP contribution in [0.25, 0.3) is 11.1 Å². The number of aliphatic carboxylic acids is 1. The third-order valence-electron chi connectivity index (χ3n) is 10.9. The normalized spacial score (nSPS) is 18.1. The van der Waals surface area contributed by atoms with Crippen molar-refractivity contribution in [2.75, 3.05) is 13.1 Å². The molecule has 0 spiro atoms. The highest BCUT2D eigenvalue weighted by atomic mass is 19.4. The maximum atomic E-state index is 14.4. The molecule has 11 heteroatoms. The number of benzene rings is 2. The average molecular weight is 710 g/mol. The molecule has 0 radical (unpaired) electrons. The number of alkyl halides is 3. The minimum absolute atomic E-state index is 0.0227. The fourth-order valence-corrected chi connectivity index (χ4v) is 8.37. The molecular weight excluding hydrogens is 662 g/mol. The van der Waals surface area contributed by atoms with Crippen LogP contribution in [0.2, 0.25) is 0 Å². The van der Waals surface area contributed by atoms with Crippen LogP contribution in [0.4, 0.5) is 17.6 Å². The summed E-state index contributed by atoms with van der Waals surface area (Å²) in [5, 5.41) is 12.9. The lowest BCUT2D eigenvalue weighted by Crippen LogP contribution is -2.41. The predicted octanol–water partition coefficient (Wildman–Crippen LogP) is 8.04. The Hall–Kier alpha value is -3.99. The maximum Gasteiger partial charge on any atom is 0.416 e. The number of aryl methyl sites for hydroxylation is 3. The summed E-state index contributed by atoms with van der Waals surface area (Å²) in [5.41, 5.74) is 4.06. The standard InChI is InChI=1S/C40H47F4N3O4/c1-22(2)14-35(47-21-32(33(19-36(47)48)40(42,43)44)25-10-12-46(13-11-25)29-8-9-29)39(51)45-34(20-37(49)50)27-17-26-6-5-7-30(26)31(18-27)38-23(3)15-28(41)16-24(38)4/h15-19,21-22,25,29,34-35H,5-14,20H2,1-4H3,(H,45,51)(H,49,50)/t34-,35+/m1/s1. The largest absolute Gasteiger partial charge is 0.481 e. The van der Waals surface area contributed by atoms with Crippen LogP contribution >= 0.6 is 0 Å². The number of nitrogens with one attached hydrogen (secondary N) is 1. The molecule has 51 heavy (non-hydrogen) atoms. The molecule has 1 saturated carbocycles. The third-order valence-corrected chi connectivity index (χ3v) is 10.9. The number of amides is 1. The van der Waals surface area contributed by atoms with Gasteiger partial charge in [0.1, 0.15) is 11.9 Å². The van der Waals surface area contributed by atoms with Crippen molar-refractivity contribution in [1.82, 2.24) is 14.8 Å². The van der Waals surface area contributed by atoms with Gasteiger partial charge in [0.2, 0.25) is 5.91 Å². The highest BCUT2D eigenvalue weighted by molar-refractivity contribution is 5.82. The van der Waals surface area contributed by atoms with Gasteiger partial charge < -0.3 is 19.9 Å². The summed E-state index contributed by atoms with van der Waals surface area (Å²) in [6.07, 6.45) is 1.94. The van der Waals surface area contributed by atoms with E-state index in [4.69, 9.17) is 0 Å². The van der Waals surface area contributed by atoms with Crippen LogP contribution in [-0.4, -0.2) is 45.6 Å². The SMILES string of the molecule is Cc1cc(F)cc(C)c1-c1cc([C@@H](CC(=O)O)NC(=O)[C@H](CC(C)C)n2cc(C3CCN(C4CC4)CC3)c(C(F)(F)F)cc2=O)cc2c1CCC2. The number of rotatable bonds is 11. The van der Waals surface area contributed by atoms with E-state index in [0.717, 1.165) is 70.1 Å². The molecule has 2 heterocycles. The lowest BCUT2D eigenvalue weighted by molar-refractivity contribution is -0.139. The second kappa shape index (κ2) is 14.6. The Balaban J connectivity index is 1.38. The van der Waals surface area contributed by atoms with Crippen LogP contribution in [-0.2, 0) is 28.6 Å². The molecule has 2 atom stereocenters. The van der Waals surface area contributed by atoms with Crippen molar-refractivity contribution in [2.45, 2.75) is 116 Å². The highest BCUT2D eigenvalue weighted by Crippen LogP contribution is 2.42. The Morgan fingerprint density at radius 3 is 2.24 bits per heavy atom. The minimum atomic E-state index is -4.74. The summed E-state index contributed by atoms with van der Waals surface area (Å²) < 4.78 is 58.6. The number of likely N-dealkylation sites (tertiary alicyclic amines) is 1. The van der Waals surface area contributed by atoms with Crippen LogP contribution in [0.1, 0.15) is 116 Å².